The lowest BCUT2D eigenvalue weighted by molar-refractivity contribution is 0.601. The molecule has 0 fully saturated rings. The molecule has 0 saturated carbocycles. The first-order valence-electron chi connectivity index (χ1n) is 5.14. The van der Waals surface area contributed by atoms with Crippen molar-refractivity contribution >= 4 is 31.3 Å². The highest BCUT2D eigenvalue weighted by Gasteiger charge is 2.10. The summed E-state index contributed by atoms with van der Waals surface area (Å²) in [5.41, 5.74) is 2.03. The number of fused-ring (bicyclic) bond motifs is 1. The Morgan fingerprint density at radius 2 is 2.28 bits per heavy atom. The summed E-state index contributed by atoms with van der Waals surface area (Å²) in [5.74, 6) is 0.0946. The zero-order chi connectivity index (χ0) is 13.3. The average molecular weight is 328 g/mol. The molecule has 0 N–H and O–H groups in total. The standard InChI is InChI=1S/C11H10BrN3O2S/c1-18(16,17)3-2-8-4-10(12)11-9(5-13)6-14-15(11)7-8/h4,6-7H,2-3H2,1H3. The van der Waals surface area contributed by atoms with Gasteiger partial charge in [0, 0.05) is 16.9 Å². The third kappa shape index (κ3) is 2.71. The Morgan fingerprint density at radius 3 is 2.89 bits per heavy atom. The van der Waals surface area contributed by atoms with Crippen molar-refractivity contribution in [2.24, 2.45) is 0 Å². The number of rotatable bonds is 3. The van der Waals surface area contributed by atoms with Crippen LogP contribution in [-0.2, 0) is 16.3 Å². The van der Waals surface area contributed by atoms with E-state index in [1.165, 1.54) is 12.5 Å². The minimum atomic E-state index is -2.99. The maximum atomic E-state index is 11.1. The van der Waals surface area contributed by atoms with Gasteiger partial charge in [0.2, 0.25) is 0 Å². The van der Waals surface area contributed by atoms with Crippen LogP contribution >= 0.6 is 15.9 Å². The Kier molecular flexibility index (Phi) is 3.41. The van der Waals surface area contributed by atoms with Gasteiger partial charge >= 0.3 is 0 Å². The molecule has 0 aliphatic heterocycles. The zero-order valence-electron chi connectivity index (χ0n) is 9.59. The fraction of sp³-hybridized carbons (Fsp3) is 0.273. The molecule has 2 heterocycles. The van der Waals surface area contributed by atoms with Crippen LogP contribution in [0.15, 0.2) is 22.9 Å². The molecule has 2 aromatic rings. The van der Waals surface area contributed by atoms with Crippen molar-refractivity contribution in [3.8, 4) is 6.07 Å². The number of sulfone groups is 1. The maximum Gasteiger partial charge on any atom is 0.147 e. The average Bonchev–Trinajstić information content (AvgIpc) is 2.69. The molecule has 2 rings (SSSR count). The molecular formula is C11H10BrN3O2S. The molecule has 0 saturated heterocycles. The molecular weight excluding hydrogens is 318 g/mol. The van der Waals surface area contributed by atoms with Crippen LogP contribution < -0.4 is 0 Å². The predicted octanol–water partition coefficient (Wildman–Crippen LogP) is 1.56. The maximum absolute atomic E-state index is 11.1. The van der Waals surface area contributed by atoms with Crippen molar-refractivity contribution in [2.75, 3.05) is 12.0 Å². The summed E-state index contributed by atoms with van der Waals surface area (Å²) < 4.78 is 24.6. The first kappa shape index (κ1) is 13.1. The Morgan fingerprint density at radius 1 is 1.56 bits per heavy atom. The van der Waals surface area contributed by atoms with Gasteiger partial charge in [-0.2, -0.15) is 10.4 Å². The SMILES string of the molecule is CS(=O)(=O)CCc1cc(Br)c2c(C#N)cnn2c1. The third-order valence-corrected chi connectivity index (χ3v) is 4.05. The fourth-order valence-electron chi connectivity index (χ4n) is 1.65. The van der Waals surface area contributed by atoms with Gasteiger partial charge in [0.1, 0.15) is 15.9 Å². The van der Waals surface area contributed by atoms with Crippen molar-refractivity contribution in [3.05, 3.63) is 34.1 Å². The van der Waals surface area contributed by atoms with E-state index in [4.69, 9.17) is 5.26 Å². The van der Waals surface area contributed by atoms with E-state index in [9.17, 15) is 8.42 Å². The lowest BCUT2D eigenvalue weighted by atomic mass is 10.2. The zero-order valence-corrected chi connectivity index (χ0v) is 12.0. The smallest absolute Gasteiger partial charge is 0.147 e. The number of hydrogen-bond acceptors (Lipinski definition) is 4. The summed E-state index contributed by atoms with van der Waals surface area (Å²) in [5, 5.41) is 13.0. The number of nitrogens with zero attached hydrogens (tertiary/aromatic N) is 3. The molecule has 0 unspecified atom stereocenters. The molecule has 0 amide bonds. The molecule has 0 atom stereocenters. The molecule has 7 heteroatoms. The number of aryl methyl sites for hydroxylation is 1. The Labute approximate surface area is 113 Å². The van der Waals surface area contributed by atoms with Crippen molar-refractivity contribution < 1.29 is 8.42 Å². The summed E-state index contributed by atoms with van der Waals surface area (Å²) in [6.45, 7) is 0. The first-order chi connectivity index (χ1) is 8.40. The molecule has 0 radical (unpaired) electrons. The second kappa shape index (κ2) is 4.71. The number of hydrogen-bond donors (Lipinski definition) is 0. The number of aromatic nitrogens is 2. The van der Waals surface area contributed by atoms with Crippen molar-refractivity contribution in [1.82, 2.24) is 9.61 Å². The molecule has 0 aliphatic rings. The van der Waals surface area contributed by atoms with Gasteiger partial charge in [-0.1, -0.05) is 0 Å². The van der Waals surface area contributed by atoms with E-state index in [1.54, 1.807) is 10.7 Å². The van der Waals surface area contributed by atoms with E-state index in [0.717, 1.165) is 10.0 Å². The Bertz CT molecular complexity index is 743. The van der Waals surface area contributed by atoms with Gasteiger partial charge in [0.25, 0.3) is 0 Å². The van der Waals surface area contributed by atoms with Crippen LogP contribution in [0.4, 0.5) is 0 Å². The molecule has 0 bridgehead atoms. The molecule has 18 heavy (non-hydrogen) atoms. The van der Waals surface area contributed by atoms with Crippen LogP contribution in [0.2, 0.25) is 0 Å². The molecule has 2 aromatic heterocycles. The summed E-state index contributed by atoms with van der Waals surface area (Å²) in [7, 11) is -2.99. The normalized spacial score (nSPS) is 11.6. The summed E-state index contributed by atoms with van der Waals surface area (Å²) in [6.07, 6.45) is 4.87. The van der Waals surface area contributed by atoms with Gasteiger partial charge < -0.3 is 0 Å². The van der Waals surface area contributed by atoms with Gasteiger partial charge in [0.05, 0.1) is 23.0 Å². The van der Waals surface area contributed by atoms with E-state index < -0.39 is 9.84 Å². The van der Waals surface area contributed by atoms with Crippen LogP contribution in [0.5, 0.6) is 0 Å². The van der Waals surface area contributed by atoms with E-state index in [2.05, 4.69) is 27.1 Å². The van der Waals surface area contributed by atoms with Gasteiger partial charge in [0.15, 0.2) is 0 Å². The monoisotopic (exact) mass is 327 g/mol. The van der Waals surface area contributed by atoms with Crippen molar-refractivity contribution in [2.45, 2.75) is 6.42 Å². The van der Waals surface area contributed by atoms with Gasteiger partial charge in [-0.05, 0) is 34.0 Å². The molecule has 94 valence electrons. The predicted molar refractivity (Wildman–Crippen MR) is 71.0 cm³/mol. The molecule has 5 nitrogen and oxygen atoms in total. The minimum absolute atomic E-state index is 0.0946. The first-order valence-corrected chi connectivity index (χ1v) is 7.99. The second-order valence-corrected chi connectivity index (χ2v) is 7.15. The van der Waals surface area contributed by atoms with E-state index in [1.807, 2.05) is 6.07 Å². The summed E-state index contributed by atoms with van der Waals surface area (Å²) in [4.78, 5) is 0. The van der Waals surface area contributed by atoms with E-state index in [-0.39, 0.29) is 5.75 Å². The summed E-state index contributed by atoms with van der Waals surface area (Å²) >= 11 is 3.38. The van der Waals surface area contributed by atoms with Crippen LogP contribution in [0.25, 0.3) is 5.52 Å². The Balaban J connectivity index is 2.42. The summed E-state index contributed by atoms with van der Waals surface area (Å²) in [6, 6.07) is 3.88. The fourth-order valence-corrected chi connectivity index (χ4v) is 2.94. The van der Waals surface area contributed by atoms with Crippen LogP contribution in [-0.4, -0.2) is 30.0 Å². The van der Waals surface area contributed by atoms with Crippen molar-refractivity contribution in [1.29, 1.82) is 5.26 Å². The topological polar surface area (TPSA) is 75.2 Å². The molecule has 0 aromatic carbocycles. The largest absolute Gasteiger partial charge is 0.238 e. The van der Waals surface area contributed by atoms with Crippen molar-refractivity contribution in [3.63, 3.8) is 0 Å². The highest BCUT2D eigenvalue weighted by Crippen LogP contribution is 2.23. The quantitative estimate of drug-likeness (QED) is 0.857. The number of pyridine rings is 1. The minimum Gasteiger partial charge on any atom is -0.238 e. The number of nitriles is 1. The lowest BCUT2D eigenvalue weighted by Crippen LogP contribution is -2.06. The van der Waals surface area contributed by atoms with E-state index in [0.29, 0.717) is 17.5 Å². The number of halogens is 1. The van der Waals surface area contributed by atoms with Gasteiger partial charge in [-0.15, -0.1) is 0 Å². The van der Waals surface area contributed by atoms with Gasteiger partial charge in [-0.3, -0.25) is 0 Å². The van der Waals surface area contributed by atoms with E-state index >= 15 is 0 Å². The third-order valence-electron chi connectivity index (χ3n) is 2.50. The highest BCUT2D eigenvalue weighted by molar-refractivity contribution is 9.10. The second-order valence-electron chi connectivity index (χ2n) is 4.04. The molecule has 0 aliphatic carbocycles. The van der Waals surface area contributed by atoms with Gasteiger partial charge in [-0.25, -0.2) is 12.9 Å². The Hall–Kier alpha value is -1.39. The highest BCUT2D eigenvalue weighted by atomic mass is 79.9. The van der Waals surface area contributed by atoms with Crippen LogP contribution in [0, 0.1) is 11.3 Å². The van der Waals surface area contributed by atoms with Crippen LogP contribution in [0.3, 0.4) is 0 Å². The van der Waals surface area contributed by atoms with Crippen LogP contribution in [0.1, 0.15) is 11.1 Å². The lowest BCUT2D eigenvalue weighted by Gasteiger charge is -2.04. The molecule has 0 spiro atoms.